The zero-order chi connectivity index (χ0) is 11.4. The molecule has 0 saturated carbocycles. The van der Waals surface area contributed by atoms with Gasteiger partial charge in [0, 0.05) is 12.6 Å². The highest BCUT2D eigenvalue weighted by molar-refractivity contribution is 5.46. The van der Waals surface area contributed by atoms with Crippen molar-refractivity contribution in [2.24, 2.45) is 5.73 Å². The molecule has 0 spiro atoms. The van der Waals surface area contributed by atoms with Crippen molar-refractivity contribution in [3.05, 3.63) is 24.5 Å². The lowest BCUT2D eigenvalue weighted by atomic mass is 10.2. The molecule has 0 saturated heterocycles. The van der Waals surface area contributed by atoms with Gasteiger partial charge in [-0.2, -0.15) is 4.98 Å². The lowest BCUT2D eigenvalue weighted by molar-refractivity contribution is 0.356. The second kappa shape index (κ2) is 4.51. The molecule has 80 valence electrons. The molecular formula is C10H9N5O. The fourth-order valence-corrected chi connectivity index (χ4v) is 1.13. The topological polar surface area (TPSA) is 90.7 Å². The van der Waals surface area contributed by atoms with Crippen molar-refractivity contribution in [3.63, 3.8) is 0 Å². The molecule has 2 rings (SSSR count). The third-order valence-corrected chi connectivity index (χ3v) is 1.91. The van der Waals surface area contributed by atoms with Gasteiger partial charge in [0.05, 0.1) is 6.04 Å². The SMILES string of the molecule is C#CCC(N)c1nc(-c2ccncn2)no1. The van der Waals surface area contributed by atoms with Crippen LogP contribution < -0.4 is 5.73 Å². The Kier molecular flexibility index (Phi) is 2.89. The van der Waals surface area contributed by atoms with Crippen LogP contribution in [0.4, 0.5) is 0 Å². The lowest BCUT2D eigenvalue weighted by Gasteiger charge is -1.98. The van der Waals surface area contributed by atoms with Crippen molar-refractivity contribution in [1.82, 2.24) is 20.1 Å². The zero-order valence-corrected chi connectivity index (χ0v) is 8.37. The van der Waals surface area contributed by atoms with Crippen molar-refractivity contribution >= 4 is 0 Å². The van der Waals surface area contributed by atoms with Gasteiger partial charge in [0.25, 0.3) is 0 Å². The van der Waals surface area contributed by atoms with E-state index in [0.29, 0.717) is 23.8 Å². The number of nitrogens with zero attached hydrogens (tertiary/aromatic N) is 4. The van der Waals surface area contributed by atoms with Gasteiger partial charge >= 0.3 is 0 Å². The van der Waals surface area contributed by atoms with Gasteiger partial charge < -0.3 is 10.3 Å². The van der Waals surface area contributed by atoms with Gasteiger partial charge in [0.1, 0.15) is 12.0 Å². The highest BCUT2D eigenvalue weighted by Crippen LogP contribution is 2.16. The molecule has 0 aliphatic heterocycles. The number of rotatable bonds is 3. The summed E-state index contributed by atoms with van der Waals surface area (Å²) in [5.41, 5.74) is 6.31. The molecular weight excluding hydrogens is 206 g/mol. The van der Waals surface area contributed by atoms with Gasteiger partial charge in [0.15, 0.2) is 0 Å². The quantitative estimate of drug-likeness (QED) is 0.752. The molecule has 0 amide bonds. The fraction of sp³-hybridized carbons (Fsp3) is 0.200. The van der Waals surface area contributed by atoms with Gasteiger partial charge in [-0.3, -0.25) is 0 Å². The first-order chi connectivity index (χ1) is 7.81. The molecule has 0 bridgehead atoms. The lowest BCUT2D eigenvalue weighted by Crippen LogP contribution is -2.09. The summed E-state index contributed by atoms with van der Waals surface area (Å²) in [4.78, 5) is 11.9. The van der Waals surface area contributed by atoms with E-state index in [-0.39, 0.29) is 0 Å². The molecule has 0 aliphatic carbocycles. The summed E-state index contributed by atoms with van der Waals surface area (Å²) in [7, 11) is 0. The first-order valence-electron chi connectivity index (χ1n) is 4.60. The third-order valence-electron chi connectivity index (χ3n) is 1.91. The van der Waals surface area contributed by atoms with E-state index in [4.69, 9.17) is 16.7 Å². The van der Waals surface area contributed by atoms with Crippen LogP contribution in [0.3, 0.4) is 0 Å². The molecule has 0 fully saturated rings. The number of hydrogen-bond donors (Lipinski definition) is 1. The van der Waals surface area contributed by atoms with Gasteiger partial charge in [-0.25, -0.2) is 9.97 Å². The Hall–Kier alpha value is -2.26. The number of terminal acetylenes is 1. The number of nitrogens with two attached hydrogens (primary N) is 1. The summed E-state index contributed by atoms with van der Waals surface area (Å²) < 4.78 is 4.99. The summed E-state index contributed by atoms with van der Waals surface area (Å²) in [5.74, 6) is 3.13. The van der Waals surface area contributed by atoms with Crippen LogP contribution in [0.25, 0.3) is 11.5 Å². The van der Waals surface area contributed by atoms with Crippen molar-refractivity contribution in [2.75, 3.05) is 0 Å². The minimum atomic E-state index is -0.437. The minimum Gasteiger partial charge on any atom is -0.337 e. The molecule has 2 aromatic heterocycles. The van der Waals surface area contributed by atoms with Crippen LogP contribution in [0, 0.1) is 12.3 Å². The monoisotopic (exact) mass is 215 g/mol. The Morgan fingerprint density at radius 2 is 2.44 bits per heavy atom. The van der Waals surface area contributed by atoms with E-state index in [1.54, 1.807) is 12.3 Å². The van der Waals surface area contributed by atoms with Gasteiger partial charge in [-0.05, 0) is 6.07 Å². The molecule has 16 heavy (non-hydrogen) atoms. The number of hydrogen-bond acceptors (Lipinski definition) is 6. The molecule has 0 aliphatic rings. The van der Waals surface area contributed by atoms with Crippen LogP contribution in [0.2, 0.25) is 0 Å². The van der Waals surface area contributed by atoms with Crippen molar-refractivity contribution in [3.8, 4) is 23.9 Å². The Balaban J connectivity index is 2.24. The van der Waals surface area contributed by atoms with Crippen LogP contribution in [0.1, 0.15) is 18.4 Å². The van der Waals surface area contributed by atoms with Crippen LogP contribution in [-0.2, 0) is 0 Å². The average molecular weight is 215 g/mol. The molecule has 2 heterocycles. The molecule has 6 heteroatoms. The molecule has 1 atom stereocenters. The Labute approximate surface area is 91.9 Å². The maximum absolute atomic E-state index is 5.73. The maximum Gasteiger partial charge on any atom is 0.244 e. The molecule has 2 aromatic rings. The highest BCUT2D eigenvalue weighted by atomic mass is 16.5. The summed E-state index contributed by atoms with van der Waals surface area (Å²) in [6, 6.07) is 1.24. The Morgan fingerprint density at radius 1 is 1.56 bits per heavy atom. The fourth-order valence-electron chi connectivity index (χ4n) is 1.13. The Morgan fingerprint density at radius 3 is 3.12 bits per heavy atom. The summed E-state index contributed by atoms with van der Waals surface area (Å²) in [6.07, 6.45) is 8.50. The molecule has 0 aromatic carbocycles. The first-order valence-corrected chi connectivity index (χ1v) is 4.60. The molecule has 6 nitrogen and oxygen atoms in total. The summed E-state index contributed by atoms with van der Waals surface area (Å²) >= 11 is 0. The standard InChI is InChI=1S/C10H9N5O/c1-2-3-7(11)10-14-9(15-16-10)8-4-5-12-6-13-8/h1,4-7H,3,11H2. The predicted octanol–water partition coefficient (Wildman–Crippen LogP) is 0.550. The van der Waals surface area contributed by atoms with E-state index in [1.165, 1.54) is 6.33 Å². The van der Waals surface area contributed by atoms with Gasteiger partial charge in [0.2, 0.25) is 11.7 Å². The van der Waals surface area contributed by atoms with E-state index in [0.717, 1.165) is 0 Å². The van der Waals surface area contributed by atoms with Crippen molar-refractivity contribution in [1.29, 1.82) is 0 Å². The summed E-state index contributed by atoms with van der Waals surface area (Å²) in [5, 5.41) is 3.76. The number of aromatic nitrogens is 4. The van der Waals surface area contributed by atoms with E-state index in [9.17, 15) is 0 Å². The molecule has 1 unspecified atom stereocenters. The normalized spacial score (nSPS) is 12.0. The third kappa shape index (κ3) is 2.04. The second-order valence-corrected chi connectivity index (χ2v) is 3.07. The largest absolute Gasteiger partial charge is 0.337 e. The minimum absolute atomic E-state index is 0.312. The van der Waals surface area contributed by atoms with E-state index in [1.807, 2.05) is 0 Å². The van der Waals surface area contributed by atoms with E-state index < -0.39 is 6.04 Å². The highest BCUT2D eigenvalue weighted by Gasteiger charge is 2.15. The molecule has 2 N–H and O–H groups in total. The first kappa shape index (κ1) is 10.3. The van der Waals surface area contributed by atoms with Gasteiger partial charge in [-0.15, -0.1) is 12.3 Å². The zero-order valence-electron chi connectivity index (χ0n) is 8.37. The average Bonchev–Trinajstić information content (AvgIpc) is 2.80. The van der Waals surface area contributed by atoms with Crippen LogP contribution >= 0.6 is 0 Å². The predicted molar refractivity (Wildman–Crippen MR) is 55.7 cm³/mol. The van der Waals surface area contributed by atoms with Gasteiger partial charge in [-0.1, -0.05) is 5.16 Å². The van der Waals surface area contributed by atoms with Crippen LogP contribution in [0.5, 0.6) is 0 Å². The smallest absolute Gasteiger partial charge is 0.244 e. The van der Waals surface area contributed by atoms with E-state index in [2.05, 4.69) is 26.0 Å². The Bertz CT molecular complexity index is 501. The van der Waals surface area contributed by atoms with Crippen molar-refractivity contribution < 1.29 is 4.52 Å². The maximum atomic E-state index is 5.73. The molecule has 0 radical (unpaired) electrons. The van der Waals surface area contributed by atoms with Crippen LogP contribution in [-0.4, -0.2) is 20.1 Å². The second-order valence-electron chi connectivity index (χ2n) is 3.07. The van der Waals surface area contributed by atoms with Crippen molar-refractivity contribution in [2.45, 2.75) is 12.5 Å². The summed E-state index contributed by atoms with van der Waals surface area (Å²) in [6.45, 7) is 0. The van der Waals surface area contributed by atoms with E-state index >= 15 is 0 Å². The van der Waals surface area contributed by atoms with Crippen LogP contribution in [0.15, 0.2) is 23.1 Å².